The molecule has 1 unspecified atom stereocenters. The quantitative estimate of drug-likeness (QED) is 0.290. The van der Waals surface area contributed by atoms with E-state index in [2.05, 4.69) is 48.3 Å². The highest BCUT2D eigenvalue weighted by molar-refractivity contribution is 5.93. The maximum Gasteiger partial charge on any atom is 0.195 e. The number of likely N-dealkylation sites (N-methyl/N-ethyl adjacent to an activating group) is 1. The normalized spacial score (nSPS) is 17.1. The first kappa shape index (κ1) is 26.4. The zero-order valence-electron chi connectivity index (χ0n) is 21.1. The van der Waals surface area contributed by atoms with Crippen LogP contribution in [-0.4, -0.2) is 87.4 Å². The van der Waals surface area contributed by atoms with E-state index in [0.29, 0.717) is 12.0 Å². The van der Waals surface area contributed by atoms with Gasteiger partial charge in [0.15, 0.2) is 5.96 Å². The Labute approximate surface area is 195 Å². The summed E-state index contributed by atoms with van der Waals surface area (Å²) in [5, 5.41) is 6.92. The van der Waals surface area contributed by atoms with Gasteiger partial charge in [0, 0.05) is 57.7 Å². The van der Waals surface area contributed by atoms with Crippen LogP contribution in [0.2, 0.25) is 0 Å². The molecule has 1 aliphatic heterocycles. The highest BCUT2D eigenvalue weighted by atomic mass is 16.5. The van der Waals surface area contributed by atoms with Gasteiger partial charge in [-0.2, -0.15) is 0 Å². The summed E-state index contributed by atoms with van der Waals surface area (Å²) in [5.41, 5.74) is 0.996. The SMILES string of the molecule is CC(C)COCCCNC(=NCC(C)N1CCN(C)CC1)Nc1ccc(OC(C)C)cc1. The molecule has 1 heterocycles. The van der Waals surface area contributed by atoms with Crippen molar-refractivity contribution in [1.29, 1.82) is 0 Å². The van der Waals surface area contributed by atoms with Gasteiger partial charge in [0.25, 0.3) is 0 Å². The standard InChI is InChI=1S/C25H45N5O2/c1-20(2)19-31-17-7-12-26-25(27-18-22(5)30-15-13-29(6)14-16-30)28-23-8-10-24(11-9-23)32-21(3)4/h8-11,20-22H,7,12-19H2,1-6H3,(H2,26,27,28). The van der Waals surface area contributed by atoms with Gasteiger partial charge in [-0.25, -0.2) is 0 Å². The zero-order chi connectivity index (χ0) is 23.3. The topological polar surface area (TPSA) is 61.4 Å². The number of nitrogens with one attached hydrogen (secondary N) is 2. The molecule has 1 atom stereocenters. The Bertz CT molecular complexity index is 655. The molecule has 7 heteroatoms. The maximum atomic E-state index is 5.75. The molecule has 1 aromatic carbocycles. The number of nitrogens with zero attached hydrogens (tertiary/aromatic N) is 3. The van der Waals surface area contributed by atoms with Crippen molar-refractivity contribution < 1.29 is 9.47 Å². The molecule has 1 fully saturated rings. The molecule has 1 aliphatic rings. The molecule has 7 nitrogen and oxygen atoms in total. The largest absolute Gasteiger partial charge is 0.491 e. The van der Waals surface area contributed by atoms with Crippen molar-refractivity contribution in [3.8, 4) is 5.75 Å². The molecule has 32 heavy (non-hydrogen) atoms. The van der Waals surface area contributed by atoms with E-state index in [0.717, 1.165) is 76.3 Å². The number of rotatable bonds is 12. The minimum Gasteiger partial charge on any atom is -0.491 e. The first-order valence-corrected chi connectivity index (χ1v) is 12.2. The summed E-state index contributed by atoms with van der Waals surface area (Å²) >= 11 is 0. The second-order valence-electron chi connectivity index (χ2n) is 9.44. The lowest BCUT2D eigenvalue weighted by Crippen LogP contribution is -2.49. The van der Waals surface area contributed by atoms with Crippen molar-refractivity contribution in [2.24, 2.45) is 10.9 Å². The van der Waals surface area contributed by atoms with Gasteiger partial charge in [0.05, 0.1) is 12.6 Å². The molecule has 0 aromatic heterocycles. The van der Waals surface area contributed by atoms with Crippen LogP contribution in [0.25, 0.3) is 0 Å². The fraction of sp³-hybridized carbons (Fsp3) is 0.720. The Balaban J connectivity index is 1.91. The van der Waals surface area contributed by atoms with Gasteiger partial charge in [0.1, 0.15) is 5.75 Å². The highest BCUT2D eigenvalue weighted by Gasteiger charge is 2.18. The fourth-order valence-electron chi connectivity index (χ4n) is 3.47. The van der Waals surface area contributed by atoms with Crippen LogP contribution in [-0.2, 0) is 4.74 Å². The fourth-order valence-corrected chi connectivity index (χ4v) is 3.47. The highest BCUT2D eigenvalue weighted by Crippen LogP contribution is 2.17. The molecule has 0 saturated carbocycles. The van der Waals surface area contributed by atoms with Crippen LogP contribution < -0.4 is 15.4 Å². The molecule has 1 saturated heterocycles. The van der Waals surface area contributed by atoms with Gasteiger partial charge < -0.3 is 25.0 Å². The Morgan fingerprint density at radius 3 is 2.34 bits per heavy atom. The monoisotopic (exact) mass is 447 g/mol. The predicted octanol–water partition coefficient (Wildman–Crippen LogP) is 3.53. The van der Waals surface area contributed by atoms with Crippen molar-refractivity contribution in [1.82, 2.24) is 15.1 Å². The molecule has 0 aliphatic carbocycles. The third-order valence-electron chi connectivity index (χ3n) is 5.37. The molecule has 0 bridgehead atoms. The summed E-state index contributed by atoms with van der Waals surface area (Å²) in [4.78, 5) is 9.81. The summed E-state index contributed by atoms with van der Waals surface area (Å²) in [6.07, 6.45) is 1.12. The summed E-state index contributed by atoms with van der Waals surface area (Å²) in [5.74, 6) is 2.26. The van der Waals surface area contributed by atoms with Crippen LogP contribution in [0.3, 0.4) is 0 Å². The van der Waals surface area contributed by atoms with Gasteiger partial charge in [-0.3, -0.25) is 9.89 Å². The van der Waals surface area contributed by atoms with Crippen molar-refractivity contribution in [3.05, 3.63) is 24.3 Å². The number of piperazine rings is 1. The van der Waals surface area contributed by atoms with Crippen LogP contribution in [0.4, 0.5) is 5.69 Å². The van der Waals surface area contributed by atoms with Gasteiger partial charge in [-0.05, 0) is 64.4 Å². The van der Waals surface area contributed by atoms with Crippen molar-refractivity contribution in [3.63, 3.8) is 0 Å². The van der Waals surface area contributed by atoms with E-state index < -0.39 is 0 Å². The number of ether oxygens (including phenoxy) is 2. The smallest absolute Gasteiger partial charge is 0.195 e. The molecule has 0 amide bonds. The number of aliphatic imine (C=N–C) groups is 1. The Kier molecular flexibility index (Phi) is 11.8. The van der Waals surface area contributed by atoms with E-state index >= 15 is 0 Å². The maximum absolute atomic E-state index is 5.75. The summed E-state index contributed by atoms with van der Waals surface area (Å²) in [6, 6.07) is 8.47. The van der Waals surface area contributed by atoms with Crippen LogP contribution in [0.15, 0.2) is 29.3 Å². The number of guanidine groups is 1. The minimum absolute atomic E-state index is 0.168. The van der Waals surface area contributed by atoms with Crippen LogP contribution in [0.5, 0.6) is 5.75 Å². The van der Waals surface area contributed by atoms with Gasteiger partial charge in [-0.1, -0.05) is 13.8 Å². The zero-order valence-corrected chi connectivity index (χ0v) is 21.1. The molecule has 2 rings (SSSR count). The molecule has 2 N–H and O–H groups in total. The van der Waals surface area contributed by atoms with E-state index in [4.69, 9.17) is 14.5 Å². The van der Waals surface area contributed by atoms with Gasteiger partial charge in [0.2, 0.25) is 0 Å². The molecular formula is C25H45N5O2. The van der Waals surface area contributed by atoms with Crippen LogP contribution >= 0.6 is 0 Å². The lowest BCUT2D eigenvalue weighted by atomic mass is 10.2. The first-order valence-electron chi connectivity index (χ1n) is 12.2. The Morgan fingerprint density at radius 2 is 1.72 bits per heavy atom. The molecule has 1 aromatic rings. The van der Waals surface area contributed by atoms with Crippen LogP contribution in [0, 0.1) is 5.92 Å². The van der Waals surface area contributed by atoms with E-state index in [1.165, 1.54) is 0 Å². The Hall–Kier alpha value is -1.83. The van der Waals surface area contributed by atoms with Crippen molar-refractivity contribution >= 4 is 11.6 Å². The summed E-state index contributed by atoms with van der Waals surface area (Å²) in [7, 11) is 2.19. The van der Waals surface area contributed by atoms with E-state index in [-0.39, 0.29) is 6.10 Å². The van der Waals surface area contributed by atoms with Gasteiger partial charge in [-0.15, -0.1) is 0 Å². The van der Waals surface area contributed by atoms with Crippen molar-refractivity contribution in [2.75, 3.05) is 64.8 Å². The first-order chi connectivity index (χ1) is 15.3. The average Bonchev–Trinajstić information content (AvgIpc) is 2.75. The lowest BCUT2D eigenvalue weighted by Gasteiger charge is -2.35. The van der Waals surface area contributed by atoms with Crippen LogP contribution in [0.1, 0.15) is 41.0 Å². The summed E-state index contributed by atoms with van der Waals surface area (Å²) in [6.45, 7) is 18.3. The van der Waals surface area contributed by atoms with E-state index in [1.807, 2.05) is 38.1 Å². The third kappa shape index (κ3) is 10.7. The van der Waals surface area contributed by atoms with Gasteiger partial charge >= 0.3 is 0 Å². The number of hydrogen-bond acceptors (Lipinski definition) is 5. The second-order valence-corrected chi connectivity index (χ2v) is 9.44. The molecular weight excluding hydrogens is 402 g/mol. The second kappa shape index (κ2) is 14.3. The predicted molar refractivity (Wildman–Crippen MR) is 135 cm³/mol. The number of hydrogen-bond donors (Lipinski definition) is 2. The minimum atomic E-state index is 0.168. The Morgan fingerprint density at radius 1 is 1.03 bits per heavy atom. The number of benzene rings is 1. The van der Waals surface area contributed by atoms with Crippen molar-refractivity contribution in [2.45, 2.75) is 53.2 Å². The van der Waals surface area contributed by atoms with E-state index in [9.17, 15) is 0 Å². The summed E-state index contributed by atoms with van der Waals surface area (Å²) < 4.78 is 11.5. The average molecular weight is 448 g/mol. The van der Waals surface area contributed by atoms with E-state index in [1.54, 1.807) is 0 Å². The number of anilines is 1. The third-order valence-corrected chi connectivity index (χ3v) is 5.37. The molecule has 182 valence electrons. The lowest BCUT2D eigenvalue weighted by molar-refractivity contribution is 0.108. The molecule has 0 spiro atoms. The molecule has 0 radical (unpaired) electrons.